The van der Waals surface area contributed by atoms with Gasteiger partial charge in [-0.1, -0.05) is 6.07 Å². The van der Waals surface area contributed by atoms with E-state index in [0.29, 0.717) is 16.7 Å². The van der Waals surface area contributed by atoms with Crippen LogP contribution in [0.2, 0.25) is 0 Å². The fourth-order valence-electron chi connectivity index (χ4n) is 2.20. The maximum absolute atomic E-state index is 12.3. The number of aromatic hydroxyl groups is 2. The zero-order valence-electron chi connectivity index (χ0n) is 13.8. The van der Waals surface area contributed by atoms with Gasteiger partial charge in [-0.25, -0.2) is 19.7 Å². The quantitative estimate of drug-likeness (QED) is 0.402. The number of aryl methyl sites for hydroxylation is 1. The molecule has 3 aromatic rings. The molecule has 0 spiro atoms. The second-order valence-corrected chi connectivity index (χ2v) is 5.49. The lowest BCUT2D eigenvalue weighted by atomic mass is 10.1. The van der Waals surface area contributed by atoms with Crippen molar-refractivity contribution in [3.63, 3.8) is 0 Å². The van der Waals surface area contributed by atoms with E-state index < -0.39 is 29.5 Å². The largest absolute Gasteiger partial charge is 0.504 e. The first-order chi connectivity index (χ1) is 12.4. The summed E-state index contributed by atoms with van der Waals surface area (Å²) in [5.41, 5.74) is 0.961. The number of imidazole rings is 1. The van der Waals surface area contributed by atoms with Crippen LogP contribution in [0.1, 0.15) is 22.8 Å². The number of carbonyl (C=O) groups is 2. The van der Waals surface area contributed by atoms with E-state index in [2.05, 4.69) is 25.3 Å². The van der Waals surface area contributed by atoms with Crippen LogP contribution in [0.3, 0.4) is 0 Å². The van der Waals surface area contributed by atoms with Crippen molar-refractivity contribution in [2.75, 3.05) is 5.32 Å². The molecule has 0 saturated heterocycles. The third-order valence-electron chi connectivity index (χ3n) is 3.69. The number of ether oxygens (including phenoxy) is 1. The molecule has 10 heteroatoms. The van der Waals surface area contributed by atoms with Crippen LogP contribution in [0.15, 0.2) is 24.8 Å². The minimum absolute atomic E-state index is 0.191. The van der Waals surface area contributed by atoms with Gasteiger partial charge < -0.3 is 25.3 Å². The SMILES string of the molecule is Cc1ccc(C(=O)OC(C)C(=O)Nc2ncnc3nc[nH]c23)c(O)c1O. The van der Waals surface area contributed by atoms with Gasteiger partial charge in [-0.15, -0.1) is 0 Å². The molecular formula is C16H15N5O5. The molecule has 0 fully saturated rings. The number of benzene rings is 1. The lowest BCUT2D eigenvalue weighted by Gasteiger charge is -2.14. The predicted molar refractivity (Wildman–Crippen MR) is 89.7 cm³/mol. The summed E-state index contributed by atoms with van der Waals surface area (Å²) < 4.78 is 5.05. The molecule has 0 saturated carbocycles. The Bertz CT molecular complexity index is 1000. The average Bonchev–Trinajstić information content (AvgIpc) is 3.09. The van der Waals surface area contributed by atoms with Crippen molar-refractivity contribution in [1.82, 2.24) is 19.9 Å². The number of hydrogen-bond acceptors (Lipinski definition) is 8. The lowest BCUT2D eigenvalue weighted by Crippen LogP contribution is -2.30. The van der Waals surface area contributed by atoms with E-state index in [-0.39, 0.29) is 11.4 Å². The van der Waals surface area contributed by atoms with Crippen LogP contribution < -0.4 is 5.32 Å². The van der Waals surface area contributed by atoms with Gasteiger partial charge in [0.05, 0.1) is 6.33 Å². The molecule has 26 heavy (non-hydrogen) atoms. The highest BCUT2D eigenvalue weighted by atomic mass is 16.5. The smallest absolute Gasteiger partial charge is 0.342 e. The van der Waals surface area contributed by atoms with Gasteiger partial charge in [0.1, 0.15) is 17.4 Å². The van der Waals surface area contributed by atoms with Crippen molar-refractivity contribution in [2.45, 2.75) is 20.0 Å². The van der Waals surface area contributed by atoms with E-state index in [1.807, 2.05) is 0 Å². The fraction of sp³-hybridized carbons (Fsp3) is 0.188. The maximum Gasteiger partial charge on any atom is 0.342 e. The molecular weight excluding hydrogens is 342 g/mol. The first kappa shape index (κ1) is 17.1. The molecule has 1 atom stereocenters. The number of phenolic OH excluding ortho intramolecular Hbond substituents is 2. The van der Waals surface area contributed by atoms with E-state index >= 15 is 0 Å². The molecule has 2 aromatic heterocycles. The predicted octanol–water partition coefficient (Wildman–Crippen LogP) is 1.26. The van der Waals surface area contributed by atoms with Gasteiger partial charge in [0.15, 0.2) is 29.1 Å². The van der Waals surface area contributed by atoms with Gasteiger partial charge in [-0.3, -0.25) is 4.79 Å². The van der Waals surface area contributed by atoms with Crippen molar-refractivity contribution >= 4 is 28.9 Å². The topological polar surface area (TPSA) is 150 Å². The first-order valence-electron chi connectivity index (χ1n) is 7.56. The molecule has 0 aliphatic heterocycles. The second-order valence-electron chi connectivity index (χ2n) is 5.49. The molecule has 1 unspecified atom stereocenters. The van der Waals surface area contributed by atoms with Gasteiger partial charge in [0.25, 0.3) is 5.91 Å². The summed E-state index contributed by atoms with van der Waals surface area (Å²) >= 11 is 0. The number of aromatic amines is 1. The molecule has 2 heterocycles. The number of esters is 1. The minimum atomic E-state index is -1.18. The molecule has 0 bridgehead atoms. The molecule has 4 N–H and O–H groups in total. The van der Waals surface area contributed by atoms with Crippen molar-refractivity contribution < 1.29 is 24.5 Å². The fourth-order valence-corrected chi connectivity index (χ4v) is 2.20. The molecule has 134 valence electrons. The third-order valence-corrected chi connectivity index (χ3v) is 3.69. The lowest BCUT2D eigenvalue weighted by molar-refractivity contribution is -0.123. The van der Waals surface area contributed by atoms with Crippen LogP contribution in [-0.4, -0.2) is 48.1 Å². The number of fused-ring (bicyclic) bond motifs is 1. The van der Waals surface area contributed by atoms with Crippen LogP contribution in [0.4, 0.5) is 5.82 Å². The molecule has 0 radical (unpaired) electrons. The summed E-state index contributed by atoms with van der Waals surface area (Å²) in [6.45, 7) is 2.93. The van der Waals surface area contributed by atoms with Gasteiger partial charge in [-0.05, 0) is 25.5 Å². The summed E-state index contributed by atoms with van der Waals surface area (Å²) in [5.74, 6) is -2.41. The normalized spacial score (nSPS) is 11.9. The van der Waals surface area contributed by atoms with Crippen molar-refractivity contribution in [3.05, 3.63) is 35.9 Å². The summed E-state index contributed by atoms with van der Waals surface area (Å²) in [7, 11) is 0. The van der Waals surface area contributed by atoms with Crippen LogP contribution in [0.25, 0.3) is 11.2 Å². The number of carbonyl (C=O) groups excluding carboxylic acids is 2. The zero-order valence-corrected chi connectivity index (χ0v) is 13.8. The van der Waals surface area contributed by atoms with Gasteiger partial charge in [0, 0.05) is 0 Å². The number of nitrogens with one attached hydrogen (secondary N) is 2. The number of phenols is 2. The highest BCUT2D eigenvalue weighted by molar-refractivity contribution is 6.01. The highest BCUT2D eigenvalue weighted by Gasteiger charge is 2.23. The number of anilines is 1. The Balaban J connectivity index is 1.72. The van der Waals surface area contributed by atoms with E-state index in [0.717, 1.165) is 0 Å². The first-order valence-corrected chi connectivity index (χ1v) is 7.56. The Labute approximate surface area is 146 Å². The molecule has 0 aliphatic rings. The van der Waals surface area contributed by atoms with Crippen LogP contribution in [0, 0.1) is 6.92 Å². The van der Waals surface area contributed by atoms with Crippen molar-refractivity contribution in [1.29, 1.82) is 0 Å². The molecule has 1 amide bonds. The molecule has 3 rings (SSSR count). The van der Waals surface area contributed by atoms with Crippen LogP contribution in [0.5, 0.6) is 11.5 Å². The Kier molecular flexibility index (Phi) is 4.40. The summed E-state index contributed by atoms with van der Waals surface area (Å²) in [5, 5.41) is 22.1. The highest BCUT2D eigenvalue weighted by Crippen LogP contribution is 2.32. The standard InChI is InChI=1S/C16H15N5O5/c1-7-3-4-9(12(23)11(7)22)16(25)26-8(2)15(24)21-14-10-13(18-5-17-10)19-6-20-14/h3-6,8,22-23H,1-2H3,(H2,17,18,19,20,21,24). The van der Waals surface area contributed by atoms with Crippen molar-refractivity contribution in [2.24, 2.45) is 0 Å². The Morgan fingerprint density at radius 1 is 1.19 bits per heavy atom. The summed E-state index contributed by atoms with van der Waals surface area (Å²) in [6, 6.07) is 2.75. The number of hydrogen-bond donors (Lipinski definition) is 4. The number of H-pyrrole nitrogens is 1. The second kappa shape index (κ2) is 6.67. The maximum atomic E-state index is 12.3. The summed E-state index contributed by atoms with van der Waals surface area (Å²) in [6.07, 6.45) is 1.46. The Morgan fingerprint density at radius 3 is 2.73 bits per heavy atom. The Morgan fingerprint density at radius 2 is 1.96 bits per heavy atom. The van der Waals surface area contributed by atoms with E-state index in [4.69, 9.17) is 4.74 Å². The van der Waals surface area contributed by atoms with E-state index in [9.17, 15) is 19.8 Å². The minimum Gasteiger partial charge on any atom is -0.504 e. The van der Waals surface area contributed by atoms with Crippen LogP contribution in [-0.2, 0) is 9.53 Å². The molecule has 0 aliphatic carbocycles. The number of amides is 1. The van der Waals surface area contributed by atoms with Crippen LogP contribution >= 0.6 is 0 Å². The van der Waals surface area contributed by atoms with Gasteiger partial charge >= 0.3 is 5.97 Å². The van der Waals surface area contributed by atoms with Crippen molar-refractivity contribution in [3.8, 4) is 11.5 Å². The van der Waals surface area contributed by atoms with E-state index in [1.165, 1.54) is 31.7 Å². The Hall–Kier alpha value is -3.69. The van der Waals surface area contributed by atoms with Gasteiger partial charge in [-0.2, -0.15) is 0 Å². The number of nitrogens with zero attached hydrogens (tertiary/aromatic N) is 3. The average molecular weight is 357 g/mol. The number of aromatic nitrogens is 4. The number of rotatable bonds is 4. The van der Waals surface area contributed by atoms with E-state index in [1.54, 1.807) is 6.92 Å². The third kappa shape index (κ3) is 3.11. The summed E-state index contributed by atoms with van der Waals surface area (Å²) in [4.78, 5) is 39.0. The monoisotopic (exact) mass is 357 g/mol. The molecule has 10 nitrogen and oxygen atoms in total. The molecule has 1 aromatic carbocycles. The van der Waals surface area contributed by atoms with Gasteiger partial charge in [0.2, 0.25) is 0 Å². The zero-order chi connectivity index (χ0) is 18.8.